The van der Waals surface area contributed by atoms with E-state index in [0.29, 0.717) is 5.56 Å². The van der Waals surface area contributed by atoms with Gasteiger partial charge in [0.2, 0.25) is 5.91 Å². The predicted octanol–water partition coefficient (Wildman–Crippen LogP) is 2.18. The highest BCUT2D eigenvalue weighted by molar-refractivity contribution is 7.84. The summed E-state index contributed by atoms with van der Waals surface area (Å²) in [4.78, 5) is 32.9. The number of carbonyl (C=O) groups excluding carboxylic acids is 1. The van der Waals surface area contributed by atoms with E-state index in [1.165, 1.54) is 36.4 Å². The number of hydrogen-bond acceptors (Lipinski definition) is 5. The maximum Gasteiger partial charge on any atom is 0.335 e. The molecule has 2 aromatic carbocycles. The first kappa shape index (κ1) is 18.3. The fraction of sp³-hybridized carbons (Fsp3) is 0.125. The molecule has 25 heavy (non-hydrogen) atoms. The Morgan fingerprint density at radius 3 is 2.56 bits per heavy atom. The Hall–Kier alpha value is -3.07. The maximum absolute atomic E-state index is 12.1. The molecule has 0 aliphatic carbocycles. The zero-order valence-corrected chi connectivity index (χ0v) is 13.7. The Kier molecular flexibility index (Phi) is 5.96. The molecule has 0 fully saturated rings. The van der Waals surface area contributed by atoms with Crippen molar-refractivity contribution in [2.24, 2.45) is 0 Å². The molecular weight excluding hydrogens is 348 g/mol. The summed E-state index contributed by atoms with van der Waals surface area (Å²) in [5.41, 5.74) is 0.699. The minimum atomic E-state index is -1.55. The van der Waals surface area contributed by atoms with E-state index in [1.807, 2.05) is 0 Å². The largest absolute Gasteiger partial charge is 0.478 e. The lowest BCUT2D eigenvalue weighted by Gasteiger charge is -2.06. The standard InChI is InChI=1S/C16H14N2O6S/c19-15(17-13-5-2-6-14(8-13)18(22)23)10-25(24)9-11-3-1-4-12(7-11)16(20)21/h1-8H,9-10H2,(H,17,19)(H,20,21). The van der Waals surface area contributed by atoms with Crippen LogP contribution < -0.4 is 5.32 Å². The van der Waals surface area contributed by atoms with Crippen LogP contribution in [0.3, 0.4) is 0 Å². The first-order valence-electron chi connectivity index (χ1n) is 7.06. The molecule has 1 unspecified atom stereocenters. The molecule has 9 heteroatoms. The highest BCUT2D eigenvalue weighted by Crippen LogP contribution is 2.17. The number of non-ortho nitro benzene ring substituents is 1. The van der Waals surface area contributed by atoms with Gasteiger partial charge >= 0.3 is 5.97 Å². The smallest absolute Gasteiger partial charge is 0.335 e. The number of anilines is 1. The minimum absolute atomic E-state index is 0.0312. The molecule has 0 radical (unpaired) electrons. The van der Waals surface area contributed by atoms with Crippen molar-refractivity contribution in [3.8, 4) is 0 Å². The monoisotopic (exact) mass is 362 g/mol. The molecule has 8 nitrogen and oxygen atoms in total. The van der Waals surface area contributed by atoms with E-state index in [0.717, 1.165) is 0 Å². The Labute approximate surface area is 145 Å². The summed E-state index contributed by atoms with van der Waals surface area (Å²) < 4.78 is 12.1. The highest BCUT2D eigenvalue weighted by atomic mass is 32.2. The number of nitrogens with zero attached hydrogens (tertiary/aromatic N) is 1. The van der Waals surface area contributed by atoms with Gasteiger partial charge in [-0.15, -0.1) is 0 Å². The Balaban J connectivity index is 1.95. The normalized spacial score (nSPS) is 11.5. The number of carboxylic acids is 1. The summed E-state index contributed by atoms with van der Waals surface area (Å²) in [5, 5.41) is 22.1. The average molecular weight is 362 g/mol. The van der Waals surface area contributed by atoms with Crippen LogP contribution in [-0.4, -0.2) is 31.9 Å². The number of nitrogens with one attached hydrogen (secondary N) is 1. The molecule has 0 aliphatic heterocycles. The van der Waals surface area contributed by atoms with Crippen molar-refractivity contribution < 1.29 is 23.8 Å². The zero-order valence-electron chi connectivity index (χ0n) is 12.9. The molecule has 2 N–H and O–H groups in total. The number of nitro groups is 1. The minimum Gasteiger partial charge on any atom is -0.478 e. The van der Waals surface area contributed by atoms with Crippen molar-refractivity contribution in [3.05, 3.63) is 69.8 Å². The molecule has 0 spiro atoms. The molecular formula is C16H14N2O6S. The van der Waals surface area contributed by atoms with Crippen molar-refractivity contribution in [3.63, 3.8) is 0 Å². The Morgan fingerprint density at radius 1 is 1.16 bits per heavy atom. The summed E-state index contributed by atoms with van der Waals surface area (Å²) >= 11 is 0. The Bertz CT molecular complexity index is 783. The molecule has 0 heterocycles. The van der Waals surface area contributed by atoms with Gasteiger partial charge in [-0.3, -0.25) is 19.1 Å². The Morgan fingerprint density at radius 2 is 1.88 bits per heavy atom. The average Bonchev–Trinajstić information content (AvgIpc) is 2.54. The number of carbonyl (C=O) groups is 2. The van der Waals surface area contributed by atoms with Gasteiger partial charge in [0, 0.05) is 34.4 Å². The van der Waals surface area contributed by atoms with Crippen LogP contribution in [0.2, 0.25) is 0 Å². The molecule has 0 aliphatic rings. The summed E-state index contributed by atoms with van der Waals surface area (Å²) in [6.07, 6.45) is 0. The SMILES string of the molecule is O=C(CS(=O)Cc1cccc(C(=O)O)c1)Nc1cccc([N+](=O)[O-])c1. The number of benzene rings is 2. The van der Waals surface area contributed by atoms with Gasteiger partial charge in [-0.2, -0.15) is 0 Å². The lowest BCUT2D eigenvalue weighted by Crippen LogP contribution is -2.20. The number of rotatable bonds is 7. The van der Waals surface area contributed by atoms with Gasteiger partial charge in [0.05, 0.1) is 10.5 Å². The summed E-state index contributed by atoms with van der Waals surface area (Å²) in [6.45, 7) is 0. The van der Waals surface area contributed by atoms with Gasteiger partial charge in [0.25, 0.3) is 5.69 Å². The number of carboxylic acid groups (broad SMARTS) is 1. The highest BCUT2D eigenvalue weighted by Gasteiger charge is 2.12. The summed E-state index contributed by atoms with van der Waals surface area (Å²) in [6, 6.07) is 11.4. The van der Waals surface area contributed by atoms with E-state index in [-0.39, 0.29) is 28.4 Å². The lowest BCUT2D eigenvalue weighted by molar-refractivity contribution is -0.384. The van der Waals surface area contributed by atoms with Gasteiger partial charge in [0.1, 0.15) is 5.75 Å². The van der Waals surface area contributed by atoms with Crippen LogP contribution in [0, 0.1) is 10.1 Å². The van der Waals surface area contributed by atoms with Crippen LogP contribution in [0.5, 0.6) is 0 Å². The quantitative estimate of drug-likeness (QED) is 0.574. The fourth-order valence-electron chi connectivity index (χ4n) is 2.07. The van der Waals surface area contributed by atoms with Gasteiger partial charge in [-0.1, -0.05) is 18.2 Å². The van der Waals surface area contributed by atoms with Gasteiger partial charge < -0.3 is 10.4 Å². The molecule has 0 saturated heterocycles. The van der Waals surface area contributed by atoms with E-state index in [4.69, 9.17) is 5.11 Å². The van der Waals surface area contributed by atoms with Gasteiger partial charge in [0.15, 0.2) is 0 Å². The predicted molar refractivity (Wildman–Crippen MR) is 91.8 cm³/mol. The molecule has 0 aromatic heterocycles. The van der Waals surface area contributed by atoms with E-state index in [2.05, 4.69) is 5.32 Å². The van der Waals surface area contributed by atoms with Crippen LogP contribution >= 0.6 is 0 Å². The van der Waals surface area contributed by atoms with Crippen LogP contribution in [0.4, 0.5) is 11.4 Å². The van der Waals surface area contributed by atoms with Crippen molar-refractivity contribution >= 4 is 34.1 Å². The third kappa shape index (κ3) is 5.50. The molecule has 1 amide bonds. The second-order valence-electron chi connectivity index (χ2n) is 5.09. The number of nitro benzene ring substituents is 1. The van der Waals surface area contributed by atoms with Crippen LogP contribution in [0.15, 0.2) is 48.5 Å². The molecule has 2 rings (SSSR count). The third-order valence-electron chi connectivity index (χ3n) is 3.13. The van der Waals surface area contributed by atoms with Gasteiger partial charge in [-0.25, -0.2) is 4.79 Å². The summed E-state index contributed by atoms with van der Waals surface area (Å²) in [5.74, 6) is -1.91. The maximum atomic E-state index is 12.1. The second kappa shape index (κ2) is 8.15. The van der Waals surface area contributed by atoms with Crippen LogP contribution in [0.25, 0.3) is 0 Å². The van der Waals surface area contributed by atoms with Crippen LogP contribution in [-0.2, 0) is 21.3 Å². The topological polar surface area (TPSA) is 127 Å². The van der Waals surface area contributed by atoms with Crippen molar-refractivity contribution in [1.82, 2.24) is 0 Å². The van der Waals surface area contributed by atoms with E-state index < -0.39 is 27.6 Å². The second-order valence-corrected chi connectivity index (χ2v) is 6.55. The number of aromatic carboxylic acids is 1. The first-order chi connectivity index (χ1) is 11.8. The van der Waals surface area contributed by atoms with Crippen molar-refractivity contribution in [2.75, 3.05) is 11.1 Å². The van der Waals surface area contributed by atoms with Crippen molar-refractivity contribution in [1.29, 1.82) is 0 Å². The molecule has 2 aromatic rings. The van der Waals surface area contributed by atoms with Crippen molar-refractivity contribution in [2.45, 2.75) is 5.75 Å². The molecule has 0 bridgehead atoms. The number of hydrogen-bond donors (Lipinski definition) is 2. The molecule has 1 atom stereocenters. The van der Waals surface area contributed by atoms with E-state index >= 15 is 0 Å². The lowest BCUT2D eigenvalue weighted by atomic mass is 10.1. The fourth-order valence-corrected chi connectivity index (χ4v) is 3.09. The van der Waals surface area contributed by atoms with E-state index in [9.17, 15) is 23.9 Å². The number of amides is 1. The molecule has 0 saturated carbocycles. The molecule has 130 valence electrons. The van der Waals surface area contributed by atoms with Gasteiger partial charge in [-0.05, 0) is 23.8 Å². The zero-order chi connectivity index (χ0) is 18.4. The summed E-state index contributed by atoms with van der Waals surface area (Å²) in [7, 11) is -1.55. The van der Waals surface area contributed by atoms with Crippen LogP contribution in [0.1, 0.15) is 15.9 Å². The third-order valence-corrected chi connectivity index (χ3v) is 4.37. The van der Waals surface area contributed by atoms with E-state index in [1.54, 1.807) is 12.1 Å². The first-order valence-corrected chi connectivity index (χ1v) is 8.55.